The highest BCUT2D eigenvalue weighted by Gasteiger charge is 2.16. The van der Waals surface area contributed by atoms with Gasteiger partial charge in [-0.05, 0) is 42.0 Å². The molecule has 8 nitrogen and oxygen atoms in total. The van der Waals surface area contributed by atoms with E-state index in [-0.39, 0.29) is 57.7 Å². The van der Waals surface area contributed by atoms with E-state index < -0.39 is 5.91 Å². The SMILES string of the molecule is O=C(Nc1cccc2ncn(Cc3ccc(OCCO)cc3)c(=O)c12)c1cc(Cl)c(O)c(Cl)c1. The first-order valence-corrected chi connectivity index (χ1v) is 10.9. The Labute approximate surface area is 204 Å². The molecule has 0 fully saturated rings. The molecule has 10 heteroatoms. The average Bonchev–Trinajstić information content (AvgIpc) is 2.83. The van der Waals surface area contributed by atoms with E-state index >= 15 is 0 Å². The van der Waals surface area contributed by atoms with Gasteiger partial charge in [0, 0.05) is 5.56 Å². The number of aliphatic hydroxyl groups excluding tert-OH is 1. The van der Waals surface area contributed by atoms with E-state index in [4.69, 9.17) is 33.0 Å². The van der Waals surface area contributed by atoms with Crippen LogP contribution in [-0.2, 0) is 6.54 Å². The summed E-state index contributed by atoms with van der Waals surface area (Å²) in [5.41, 5.74) is 1.34. The van der Waals surface area contributed by atoms with Gasteiger partial charge in [-0.15, -0.1) is 0 Å². The van der Waals surface area contributed by atoms with Crippen molar-refractivity contribution >= 4 is 45.7 Å². The summed E-state index contributed by atoms with van der Waals surface area (Å²) in [6.45, 7) is 0.379. The van der Waals surface area contributed by atoms with Crippen LogP contribution >= 0.6 is 23.2 Å². The number of phenolic OH excluding ortho intramolecular Hbond substituents is 1. The number of hydrogen-bond acceptors (Lipinski definition) is 6. The fourth-order valence-electron chi connectivity index (χ4n) is 3.36. The molecule has 3 N–H and O–H groups in total. The zero-order chi connectivity index (χ0) is 24.2. The van der Waals surface area contributed by atoms with E-state index in [0.29, 0.717) is 11.3 Å². The maximum absolute atomic E-state index is 13.3. The third-order valence-electron chi connectivity index (χ3n) is 5.02. The summed E-state index contributed by atoms with van der Waals surface area (Å²) in [7, 11) is 0. The predicted molar refractivity (Wildman–Crippen MR) is 130 cm³/mol. The van der Waals surface area contributed by atoms with Crippen LogP contribution in [0.4, 0.5) is 5.69 Å². The normalized spacial score (nSPS) is 10.9. The number of fused-ring (bicyclic) bond motifs is 1. The molecule has 3 aromatic carbocycles. The lowest BCUT2D eigenvalue weighted by Crippen LogP contribution is -2.23. The summed E-state index contributed by atoms with van der Waals surface area (Å²) in [4.78, 5) is 30.4. The Kier molecular flexibility index (Phi) is 7.02. The van der Waals surface area contributed by atoms with Gasteiger partial charge in [-0.25, -0.2) is 4.98 Å². The monoisotopic (exact) mass is 499 g/mol. The predicted octanol–water partition coefficient (Wildman–Crippen LogP) is 4.08. The molecule has 0 aliphatic heterocycles. The topological polar surface area (TPSA) is 114 Å². The zero-order valence-electron chi connectivity index (χ0n) is 17.7. The number of carbonyl (C=O) groups is 1. The molecule has 0 saturated carbocycles. The number of rotatable bonds is 7. The summed E-state index contributed by atoms with van der Waals surface area (Å²) in [6, 6.07) is 14.7. The van der Waals surface area contributed by atoms with Crippen LogP contribution in [0, 0.1) is 0 Å². The number of aromatic hydroxyl groups is 1. The number of carbonyl (C=O) groups excluding carboxylic acids is 1. The van der Waals surface area contributed by atoms with Crippen molar-refractivity contribution in [1.82, 2.24) is 9.55 Å². The molecule has 0 atom stereocenters. The lowest BCUT2D eigenvalue weighted by Gasteiger charge is -2.12. The summed E-state index contributed by atoms with van der Waals surface area (Å²) < 4.78 is 6.79. The molecule has 4 aromatic rings. The van der Waals surface area contributed by atoms with Crippen LogP contribution in [0.3, 0.4) is 0 Å². The number of hydrogen-bond donors (Lipinski definition) is 3. The van der Waals surface area contributed by atoms with Gasteiger partial charge in [0.05, 0.1) is 46.1 Å². The van der Waals surface area contributed by atoms with Crippen LogP contribution in [0.25, 0.3) is 10.9 Å². The highest BCUT2D eigenvalue weighted by atomic mass is 35.5. The number of amides is 1. The second-order valence-corrected chi connectivity index (χ2v) is 8.15. The van der Waals surface area contributed by atoms with Crippen molar-refractivity contribution in [1.29, 1.82) is 0 Å². The van der Waals surface area contributed by atoms with Gasteiger partial charge in [0.2, 0.25) is 0 Å². The molecule has 0 saturated heterocycles. The molecule has 0 radical (unpaired) electrons. The Balaban J connectivity index is 1.64. The van der Waals surface area contributed by atoms with Gasteiger partial charge < -0.3 is 20.3 Å². The summed E-state index contributed by atoms with van der Waals surface area (Å²) >= 11 is 11.8. The van der Waals surface area contributed by atoms with E-state index in [0.717, 1.165) is 5.56 Å². The van der Waals surface area contributed by atoms with Gasteiger partial charge in [0.1, 0.15) is 12.4 Å². The van der Waals surface area contributed by atoms with E-state index in [9.17, 15) is 14.7 Å². The van der Waals surface area contributed by atoms with Gasteiger partial charge in [0.15, 0.2) is 5.75 Å². The number of nitrogens with zero attached hydrogens (tertiary/aromatic N) is 2. The molecule has 1 heterocycles. The minimum Gasteiger partial charge on any atom is -0.505 e. The summed E-state index contributed by atoms with van der Waals surface area (Å²) in [6.07, 6.45) is 1.45. The van der Waals surface area contributed by atoms with Crippen molar-refractivity contribution in [2.45, 2.75) is 6.54 Å². The number of benzene rings is 3. The van der Waals surface area contributed by atoms with E-state index in [1.54, 1.807) is 30.3 Å². The molecular weight excluding hydrogens is 481 g/mol. The van der Waals surface area contributed by atoms with Crippen molar-refractivity contribution < 1.29 is 19.7 Å². The van der Waals surface area contributed by atoms with Gasteiger partial charge >= 0.3 is 0 Å². The Morgan fingerprint density at radius 3 is 2.47 bits per heavy atom. The molecule has 1 aromatic heterocycles. The minimum atomic E-state index is -0.551. The van der Waals surface area contributed by atoms with Gasteiger partial charge in [-0.1, -0.05) is 41.4 Å². The number of aromatic nitrogens is 2. The quantitative estimate of drug-likeness (QED) is 0.353. The van der Waals surface area contributed by atoms with Gasteiger partial charge in [-0.3, -0.25) is 14.2 Å². The molecule has 34 heavy (non-hydrogen) atoms. The molecular formula is C24H19Cl2N3O5. The first-order chi connectivity index (χ1) is 16.4. The summed E-state index contributed by atoms with van der Waals surface area (Å²) in [5.74, 6) is -0.254. The van der Waals surface area contributed by atoms with Crippen LogP contribution in [0.15, 0.2) is 65.7 Å². The Hall–Kier alpha value is -3.59. The summed E-state index contributed by atoms with van der Waals surface area (Å²) in [5, 5.41) is 21.4. The third-order valence-corrected chi connectivity index (χ3v) is 5.59. The largest absolute Gasteiger partial charge is 0.505 e. The molecule has 0 aliphatic rings. The Morgan fingerprint density at radius 2 is 1.79 bits per heavy atom. The molecule has 0 aliphatic carbocycles. The smallest absolute Gasteiger partial charge is 0.263 e. The van der Waals surface area contributed by atoms with Gasteiger partial charge in [-0.2, -0.15) is 0 Å². The molecule has 174 valence electrons. The number of ether oxygens (including phenoxy) is 1. The number of anilines is 1. The van der Waals surface area contributed by atoms with Crippen LogP contribution in [0.5, 0.6) is 11.5 Å². The number of nitrogens with one attached hydrogen (secondary N) is 1. The number of phenols is 1. The van der Waals surface area contributed by atoms with Crippen molar-refractivity contribution in [3.8, 4) is 11.5 Å². The van der Waals surface area contributed by atoms with Crippen molar-refractivity contribution in [2.75, 3.05) is 18.5 Å². The average molecular weight is 500 g/mol. The second kappa shape index (κ2) is 10.1. The zero-order valence-corrected chi connectivity index (χ0v) is 19.2. The molecule has 0 spiro atoms. The number of halogens is 2. The van der Waals surface area contributed by atoms with Crippen molar-refractivity contribution in [3.05, 3.63) is 92.5 Å². The first-order valence-electron chi connectivity index (χ1n) is 10.2. The number of aliphatic hydroxyl groups is 1. The maximum Gasteiger partial charge on any atom is 0.263 e. The second-order valence-electron chi connectivity index (χ2n) is 7.34. The molecule has 1 amide bonds. The van der Waals surface area contributed by atoms with Gasteiger partial charge in [0.25, 0.3) is 11.5 Å². The molecule has 4 rings (SSSR count). The Bertz CT molecular complexity index is 1400. The van der Waals surface area contributed by atoms with E-state index in [2.05, 4.69) is 10.3 Å². The van der Waals surface area contributed by atoms with Crippen LogP contribution in [-0.4, -0.2) is 38.9 Å². The standard InChI is InChI=1S/C24H19Cl2N3O5/c25-17-10-15(11-18(26)22(17)31)23(32)28-20-3-1-2-19-21(20)24(33)29(13-27-19)12-14-4-6-16(7-5-14)34-9-8-30/h1-7,10-11,13,30-31H,8-9,12H2,(H,28,32). The van der Waals surface area contributed by atoms with Crippen LogP contribution in [0.1, 0.15) is 15.9 Å². The fraction of sp³-hybridized carbons (Fsp3) is 0.125. The highest BCUT2D eigenvalue weighted by molar-refractivity contribution is 6.37. The first kappa shape index (κ1) is 23.6. The lowest BCUT2D eigenvalue weighted by molar-refractivity contribution is 0.102. The molecule has 0 unspecified atom stereocenters. The van der Waals surface area contributed by atoms with Crippen LogP contribution < -0.4 is 15.6 Å². The lowest BCUT2D eigenvalue weighted by atomic mass is 10.1. The maximum atomic E-state index is 13.3. The van der Waals surface area contributed by atoms with Crippen molar-refractivity contribution in [3.63, 3.8) is 0 Å². The third kappa shape index (κ3) is 4.99. The van der Waals surface area contributed by atoms with E-state index in [1.807, 2.05) is 12.1 Å². The fourth-order valence-corrected chi connectivity index (χ4v) is 3.85. The molecule has 0 bridgehead atoms. The highest BCUT2D eigenvalue weighted by Crippen LogP contribution is 2.33. The minimum absolute atomic E-state index is 0.0626. The van der Waals surface area contributed by atoms with Crippen molar-refractivity contribution in [2.24, 2.45) is 0 Å². The Morgan fingerprint density at radius 1 is 1.09 bits per heavy atom. The van der Waals surface area contributed by atoms with E-state index in [1.165, 1.54) is 23.0 Å². The van der Waals surface area contributed by atoms with Crippen LogP contribution in [0.2, 0.25) is 10.0 Å².